The van der Waals surface area contributed by atoms with Gasteiger partial charge in [-0.2, -0.15) is 0 Å². The Morgan fingerprint density at radius 3 is 2.94 bits per heavy atom. The monoisotopic (exact) mass is 344 g/mol. The second kappa shape index (κ2) is 5.68. The van der Waals surface area contributed by atoms with Crippen LogP contribution < -0.4 is 0 Å². The first kappa shape index (κ1) is 12.6. The molecule has 0 spiro atoms. The summed E-state index contributed by atoms with van der Waals surface area (Å²) in [6.45, 7) is 2.27. The number of benzene rings is 1. The van der Waals surface area contributed by atoms with Crippen LogP contribution in [0, 0.1) is 5.92 Å². The topological polar surface area (TPSA) is 0 Å². The molecule has 88 valence electrons. The van der Waals surface area contributed by atoms with Crippen LogP contribution in [0.1, 0.15) is 37.3 Å². The lowest BCUT2D eigenvalue weighted by Crippen LogP contribution is -2.22. The van der Waals surface area contributed by atoms with Crippen LogP contribution in [0.3, 0.4) is 0 Å². The van der Waals surface area contributed by atoms with Gasteiger partial charge in [0.05, 0.1) is 0 Å². The molecular formula is C14H18Br2. The molecule has 0 N–H and O–H groups in total. The molecule has 0 amide bonds. The third-order valence-electron chi connectivity index (χ3n) is 3.51. The van der Waals surface area contributed by atoms with Crippen molar-refractivity contribution in [3.63, 3.8) is 0 Å². The molecular weight excluding hydrogens is 328 g/mol. The third-order valence-corrected chi connectivity index (χ3v) is 5.21. The number of halogens is 2. The Labute approximate surface area is 115 Å². The lowest BCUT2D eigenvalue weighted by Gasteiger charge is -2.28. The van der Waals surface area contributed by atoms with E-state index in [-0.39, 0.29) is 0 Å². The Balaban J connectivity index is 2.09. The molecule has 2 unspecified atom stereocenters. The Bertz CT molecular complexity index is 360. The normalized spacial score (nSPS) is 21.6. The van der Waals surface area contributed by atoms with Crippen molar-refractivity contribution >= 4 is 31.9 Å². The minimum Gasteiger partial charge on any atom is -0.0888 e. The van der Waals surface area contributed by atoms with Gasteiger partial charge in [-0.15, -0.1) is 0 Å². The molecule has 2 heteroatoms. The summed E-state index contributed by atoms with van der Waals surface area (Å²) in [6.07, 6.45) is 6.40. The van der Waals surface area contributed by atoms with Gasteiger partial charge in [-0.25, -0.2) is 0 Å². The summed E-state index contributed by atoms with van der Waals surface area (Å²) in [7, 11) is 0. The zero-order valence-electron chi connectivity index (χ0n) is 9.68. The summed E-state index contributed by atoms with van der Waals surface area (Å²) in [6, 6.07) is 6.75. The van der Waals surface area contributed by atoms with E-state index in [0.29, 0.717) is 4.83 Å². The quantitative estimate of drug-likeness (QED) is 0.667. The molecule has 0 aliphatic heterocycles. The average molecular weight is 346 g/mol. The van der Waals surface area contributed by atoms with Crippen molar-refractivity contribution in [1.82, 2.24) is 0 Å². The molecule has 1 aliphatic carbocycles. The molecule has 0 radical (unpaired) electrons. The zero-order chi connectivity index (χ0) is 11.5. The Kier molecular flexibility index (Phi) is 4.48. The van der Waals surface area contributed by atoms with E-state index >= 15 is 0 Å². The maximum absolute atomic E-state index is 3.86. The second-order valence-electron chi connectivity index (χ2n) is 4.72. The van der Waals surface area contributed by atoms with Crippen LogP contribution in [-0.2, 0) is 12.8 Å². The van der Waals surface area contributed by atoms with E-state index in [9.17, 15) is 0 Å². The van der Waals surface area contributed by atoms with Crippen molar-refractivity contribution in [2.75, 3.05) is 0 Å². The zero-order valence-corrected chi connectivity index (χ0v) is 12.9. The van der Waals surface area contributed by atoms with E-state index in [2.05, 4.69) is 57.0 Å². The predicted octanol–water partition coefficient (Wildman–Crippen LogP) is 5.12. The molecule has 2 rings (SSSR count). The van der Waals surface area contributed by atoms with Gasteiger partial charge in [-0.3, -0.25) is 0 Å². The molecule has 0 nitrogen and oxygen atoms in total. The SMILES string of the molecule is CCCC(Br)C1CCc2cc(Br)ccc2C1. The summed E-state index contributed by atoms with van der Waals surface area (Å²) < 4.78 is 1.22. The number of fused-ring (bicyclic) bond motifs is 1. The fraction of sp³-hybridized carbons (Fsp3) is 0.571. The Hall–Kier alpha value is 0.180. The number of rotatable bonds is 3. The Morgan fingerprint density at radius 1 is 1.38 bits per heavy atom. The van der Waals surface area contributed by atoms with E-state index in [0.717, 1.165) is 5.92 Å². The van der Waals surface area contributed by atoms with Crippen molar-refractivity contribution in [2.24, 2.45) is 5.92 Å². The maximum Gasteiger partial charge on any atom is 0.0178 e. The minimum absolute atomic E-state index is 0.703. The van der Waals surface area contributed by atoms with Crippen molar-refractivity contribution in [2.45, 2.75) is 43.9 Å². The van der Waals surface area contributed by atoms with Gasteiger partial charge in [-0.1, -0.05) is 51.3 Å². The van der Waals surface area contributed by atoms with Crippen molar-refractivity contribution in [3.05, 3.63) is 33.8 Å². The average Bonchev–Trinajstić information content (AvgIpc) is 2.28. The van der Waals surface area contributed by atoms with Crippen LogP contribution in [0.2, 0.25) is 0 Å². The van der Waals surface area contributed by atoms with Gasteiger partial charge in [0.15, 0.2) is 0 Å². The van der Waals surface area contributed by atoms with E-state index in [1.54, 1.807) is 11.1 Å². The van der Waals surface area contributed by atoms with Crippen LogP contribution in [-0.4, -0.2) is 4.83 Å². The van der Waals surface area contributed by atoms with Gasteiger partial charge in [0.1, 0.15) is 0 Å². The molecule has 0 fully saturated rings. The lowest BCUT2D eigenvalue weighted by atomic mass is 9.81. The fourth-order valence-corrected chi connectivity index (χ4v) is 3.89. The molecule has 1 aromatic rings. The van der Waals surface area contributed by atoms with E-state index in [1.165, 1.54) is 36.6 Å². The van der Waals surface area contributed by atoms with Gasteiger partial charge >= 0.3 is 0 Å². The number of hydrogen-bond acceptors (Lipinski definition) is 0. The molecule has 0 heterocycles. The van der Waals surface area contributed by atoms with Crippen molar-refractivity contribution in [1.29, 1.82) is 0 Å². The lowest BCUT2D eigenvalue weighted by molar-refractivity contribution is 0.430. The molecule has 0 aromatic heterocycles. The van der Waals surface area contributed by atoms with Crippen molar-refractivity contribution < 1.29 is 0 Å². The van der Waals surface area contributed by atoms with Gasteiger partial charge in [-0.05, 0) is 54.9 Å². The largest absolute Gasteiger partial charge is 0.0888 e. The Morgan fingerprint density at radius 2 is 2.19 bits per heavy atom. The van der Waals surface area contributed by atoms with E-state index in [4.69, 9.17) is 0 Å². The van der Waals surface area contributed by atoms with Crippen molar-refractivity contribution in [3.8, 4) is 0 Å². The number of hydrogen-bond donors (Lipinski definition) is 0. The summed E-state index contributed by atoms with van der Waals surface area (Å²) in [5.74, 6) is 0.827. The highest BCUT2D eigenvalue weighted by Gasteiger charge is 2.23. The van der Waals surface area contributed by atoms with Crippen LogP contribution in [0.25, 0.3) is 0 Å². The summed E-state index contributed by atoms with van der Waals surface area (Å²) in [4.78, 5) is 0.703. The third kappa shape index (κ3) is 2.89. The van der Waals surface area contributed by atoms with Gasteiger partial charge in [0.25, 0.3) is 0 Å². The summed E-state index contributed by atoms with van der Waals surface area (Å²) in [5, 5.41) is 0. The van der Waals surface area contributed by atoms with E-state index < -0.39 is 0 Å². The first-order valence-electron chi connectivity index (χ1n) is 6.12. The number of alkyl halides is 1. The summed E-state index contributed by atoms with van der Waals surface area (Å²) in [5.41, 5.74) is 3.10. The molecule has 0 bridgehead atoms. The van der Waals surface area contributed by atoms with Gasteiger partial charge < -0.3 is 0 Å². The fourth-order valence-electron chi connectivity index (χ4n) is 2.57. The van der Waals surface area contributed by atoms with Gasteiger partial charge in [0.2, 0.25) is 0 Å². The summed E-state index contributed by atoms with van der Waals surface area (Å²) >= 11 is 7.41. The minimum atomic E-state index is 0.703. The highest BCUT2D eigenvalue weighted by molar-refractivity contribution is 9.10. The first-order chi connectivity index (χ1) is 7.70. The highest BCUT2D eigenvalue weighted by atomic mass is 79.9. The number of aryl methyl sites for hydroxylation is 1. The smallest absolute Gasteiger partial charge is 0.0178 e. The van der Waals surface area contributed by atoms with Gasteiger partial charge in [0, 0.05) is 9.30 Å². The maximum atomic E-state index is 3.86. The molecule has 0 saturated heterocycles. The van der Waals surface area contributed by atoms with E-state index in [1.807, 2.05) is 0 Å². The molecule has 1 aromatic carbocycles. The molecule has 16 heavy (non-hydrogen) atoms. The standard InChI is InChI=1S/C14H18Br2/c1-2-3-14(16)12-5-4-11-9-13(15)7-6-10(11)8-12/h6-7,9,12,14H,2-5,8H2,1H3. The van der Waals surface area contributed by atoms with Crippen LogP contribution >= 0.6 is 31.9 Å². The molecule has 0 saturated carbocycles. The van der Waals surface area contributed by atoms with Crippen LogP contribution in [0.5, 0.6) is 0 Å². The predicted molar refractivity (Wildman–Crippen MR) is 77.3 cm³/mol. The highest BCUT2D eigenvalue weighted by Crippen LogP contribution is 2.33. The van der Waals surface area contributed by atoms with Crippen LogP contribution in [0.15, 0.2) is 22.7 Å². The second-order valence-corrected chi connectivity index (χ2v) is 6.81. The van der Waals surface area contributed by atoms with Crippen LogP contribution in [0.4, 0.5) is 0 Å². The first-order valence-corrected chi connectivity index (χ1v) is 7.83. The molecule has 1 aliphatic rings. The molecule has 2 atom stereocenters.